The Labute approximate surface area is 242 Å². The number of ketones is 2. The average Bonchev–Trinajstić information content (AvgIpc) is 2.92. The number of carbonyl (C=O) groups is 2. The summed E-state index contributed by atoms with van der Waals surface area (Å²) in [6.07, 6.45) is 4.20. The van der Waals surface area contributed by atoms with Crippen LogP contribution in [0.5, 0.6) is 11.5 Å². The normalized spacial score (nSPS) is 17.9. The molecular formula is C31H33FINO5. The number of nitrogens with zero attached hydrogens (tertiary/aromatic N) is 1. The Balaban J connectivity index is 1.60. The predicted octanol–water partition coefficient (Wildman–Crippen LogP) is 6.47. The molecule has 6 nitrogen and oxygen atoms in total. The second-order valence-corrected chi connectivity index (χ2v) is 11.2. The summed E-state index contributed by atoms with van der Waals surface area (Å²) in [5.74, 6) is 0.665. The van der Waals surface area contributed by atoms with Crippen molar-refractivity contribution in [2.75, 3.05) is 26.9 Å². The van der Waals surface area contributed by atoms with Gasteiger partial charge in [-0.05, 0) is 90.6 Å². The number of Topliss-reactive ketones (excluding diaryl/α,β-unsaturated/α-hetero) is 2. The third kappa shape index (κ3) is 5.63. The number of carbonyl (C=O) groups excluding carboxylic acids is 2. The van der Waals surface area contributed by atoms with Crippen LogP contribution < -0.4 is 9.47 Å². The van der Waals surface area contributed by atoms with E-state index in [0.717, 1.165) is 62.9 Å². The fourth-order valence-electron chi connectivity index (χ4n) is 5.90. The van der Waals surface area contributed by atoms with E-state index in [0.29, 0.717) is 44.1 Å². The Bertz CT molecular complexity index is 1290. The lowest BCUT2D eigenvalue weighted by Gasteiger charge is -2.44. The average molecular weight is 646 g/mol. The molecule has 1 aliphatic heterocycles. The highest BCUT2D eigenvalue weighted by Crippen LogP contribution is 2.50. The molecule has 0 radical (unpaired) electrons. The number of ether oxygens (including phenoxy) is 3. The number of allylic oxidation sites excluding steroid dienone is 4. The van der Waals surface area contributed by atoms with Crippen LogP contribution in [-0.2, 0) is 20.9 Å². The van der Waals surface area contributed by atoms with Crippen LogP contribution >= 0.6 is 22.6 Å². The van der Waals surface area contributed by atoms with Gasteiger partial charge in [-0.3, -0.25) is 9.59 Å². The van der Waals surface area contributed by atoms with Gasteiger partial charge in [0, 0.05) is 55.0 Å². The van der Waals surface area contributed by atoms with Crippen molar-refractivity contribution < 1.29 is 28.2 Å². The maximum absolute atomic E-state index is 13.5. The Morgan fingerprint density at radius 2 is 1.59 bits per heavy atom. The van der Waals surface area contributed by atoms with Gasteiger partial charge >= 0.3 is 0 Å². The first kappa shape index (κ1) is 27.8. The summed E-state index contributed by atoms with van der Waals surface area (Å²) in [6.45, 7) is 3.75. The summed E-state index contributed by atoms with van der Waals surface area (Å²) in [7, 11) is 1.67. The summed E-state index contributed by atoms with van der Waals surface area (Å²) in [5, 5.41) is 0. The molecule has 0 atom stereocenters. The van der Waals surface area contributed by atoms with Crippen molar-refractivity contribution >= 4 is 34.2 Å². The van der Waals surface area contributed by atoms with Gasteiger partial charge in [0.1, 0.15) is 12.4 Å². The molecule has 0 bridgehead atoms. The fourth-order valence-corrected chi connectivity index (χ4v) is 6.68. The van der Waals surface area contributed by atoms with Gasteiger partial charge in [0.15, 0.2) is 23.1 Å². The van der Waals surface area contributed by atoms with Crippen molar-refractivity contribution in [1.82, 2.24) is 4.90 Å². The highest BCUT2D eigenvalue weighted by molar-refractivity contribution is 14.1. The summed E-state index contributed by atoms with van der Waals surface area (Å²) in [6, 6.07) is 10.2. The smallest absolute Gasteiger partial charge is 0.174 e. The molecule has 206 valence electrons. The van der Waals surface area contributed by atoms with E-state index in [9.17, 15) is 14.0 Å². The number of halogens is 2. The zero-order chi connectivity index (χ0) is 27.5. The predicted molar refractivity (Wildman–Crippen MR) is 154 cm³/mol. The lowest BCUT2D eigenvalue weighted by atomic mass is 9.71. The summed E-state index contributed by atoms with van der Waals surface area (Å²) >= 11 is 2.23. The van der Waals surface area contributed by atoms with Crippen molar-refractivity contribution in [3.63, 3.8) is 0 Å². The van der Waals surface area contributed by atoms with Crippen LogP contribution in [-0.4, -0.2) is 43.3 Å². The van der Waals surface area contributed by atoms with Crippen molar-refractivity contribution in [3.8, 4) is 11.5 Å². The highest BCUT2D eigenvalue weighted by Gasteiger charge is 2.43. The summed E-state index contributed by atoms with van der Waals surface area (Å²) < 4.78 is 31.8. The molecule has 3 aliphatic rings. The van der Waals surface area contributed by atoms with Gasteiger partial charge < -0.3 is 19.1 Å². The van der Waals surface area contributed by atoms with Crippen LogP contribution in [0.15, 0.2) is 58.9 Å². The van der Waals surface area contributed by atoms with Gasteiger partial charge in [0.2, 0.25) is 0 Å². The van der Waals surface area contributed by atoms with Crippen LogP contribution in [0.3, 0.4) is 0 Å². The van der Waals surface area contributed by atoms with Crippen molar-refractivity contribution in [2.24, 2.45) is 0 Å². The summed E-state index contributed by atoms with van der Waals surface area (Å²) in [5.41, 5.74) is 5.26. The molecular weight excluding hydrogens is 612 g/mol. The first-order valence-corrected chi connectivity index (χ1v) is 14.6. The van der Waals surface area contributed by atoms with E-state index in [1.807, 2.05) is 19.1 Å². The van der Waals surface area contributed by atoms with Crippen molar-refractivity contribution in [3.05, 3.63) is 79.5 Å². The van der Waals surface area contributed by atoms with Crippen LogP contribution in [0.2, 0.25) is 0 Å². The minimum Gasteiger partial charge on any atom is -0.490 e. The number of hydrogen-bond acceptors (Lipinski definition) is 6. The topological polar surface area (TPSA) is 65.1 Å². The third-order valence-corrected chi connectivity index (χ3v) is 8.37. The first-order valence-electron chi connectivity index (χ1n) is 13.5. The Morgan fingerprint density at radius 1 is 0.949 bits per heavy atom. The highest BCUT2D eigenvalue weighted by atomic mass is 127. The quantitative estimate of drug-likeness (QED) is 0.292. The molecule has 5 rings (SSSR count). The van der Waals surface area contributed by atoms with E-state index in [2.05, 4.69) is 27.5 Å². The standard InChI is InChI=1S/C31H33FINO5/c1-3-38-27-17-20(16-22(33)31(27)39-18-19-10-12-21(32)13-11-19)28-29-23(6-4-8-25(29)35)34(14-15-37-2)24-7-5-9-26(36)30(24)28/h10-13,16-17,28H,3-9,14-15,18H2,1-2H3. The maximum atomic E-state index is 13.5. The molecule has 39 heavy (non-hydrogen) atoms. The number of benzene rings is 2. The van der Waals surface area contributed by atoms with Gasteiger partial charge in [0.05, 0.1) is 16.8 Å². The third-order valence-electron chi connectivity index (χ3n) is 7.57. The van der Waals surface area contributed by atoms with E-state index in [1.165, 1.54) is 12.1 Å². The molecule has 0 saturated heterocycles. The molecule has 0 spiro atoms. The minimum atomic E-state index is -0.423. The Kier molecular flexibility index (Phi) is 8.71. The summed E-state index contributed by atoms with van der Waals surface area (Å²) in [4.78, 5) is 29.3. The molecule has 2 aliphatic carbocycles. The van der Waals surface area contributed by atoms with Crippen LogP contribution in [0.4, 0.5) is 4.39 Å². The number of hydrogen-bond donors (Lipinski definition) is 0. The van der Waals surface area contributed by atoms with Gasteiger partial charge in [-0.2, -0.15) is 0 Å². The molecule has 2 aromatic rings. The van der Waals surface area contributed by atoms with Gasteiger partial charge in [0.25, 0.3) is 0 Å². The molecule has 0 saturated carbocycles. The Morgan fingerprint density at radius 3 is 2.18 bits per heavy atom. The van der Waals surface area contributed by atoms with Gasteiger partial charge in [-0.25, -0.2) is 4.39 Å². The second-order valence-electron chi connectivity index (χ2n) is 10.0. The van der Waals surface area contributed by atoms with Crippen molar-refractivity contribution in [2.45, 2.75) is 58.0 Å². The molecule has 0 N–H and O–H groups in total. The molecule has 2 aromatic carbocycles. The number of methoxy groups -OCH3 is 1. The minimum absolute atomic E-state index is 0.109. The molecule has 0 aromatic heterocycles. The molecule has 0 fully saturated rings. The largest absolute Gasteiger partial charge is 0.490 e. The van der Waals surface area contributed by atoms with E-state index < -0.39 is 5.92 Å². The fraction of sp³-hybridized carbons (Fsp3) is 0.419. The van der Waals surface area contributed by atoms with E-state index in [-0.39, 0.29) is 24.0 Å². The zero-order valence-electron chi connectivity index (χ0n) is 22.4. The van der Waals surface area contributed by atoms with E-state index >= 15 is 0 Å². The van der Waals surface area contributed by atoms with Crippen LogP contribution in [0.25, 0.3) is 0 Å². The second kappa shape index (κ2) is 12.2. The molecule has 0 unspecified atom stereocenters. The zero-order valence-corrected chi connectivity index (χ0v) is 24.5. The monoisotopic (exact) mass is 645 g/mol. The van der Waals surface area contributed by atoms with Crippen LogP contribution in [0.1, 0.15) is 62.5 Å². The van der Waals surface area contributed by atoms with Gasteiger partial charge in [-0.15, -0.1) is 0 Å². The van der Waals surface area contributed by atoms with Crippen molar-refractivity contribution in [1.29, 1.82) is 0 Å². The lowest BCUT2D eigenvalue weighted by Crippen LogP contribution is -2.40. The van der Waals surface area contributed by atoms with E-state index in [1.54, 1.807) is 19.2 Å². The van der Waals surface area contributed by atoms with Crippen LogP contribution in [0, 0.1) is 9.39 Å². The SMILES string of the molecule is CCOc1cc(C2C3=C(CCCC3=O)N(CCOC)C3=C2C(=O)CCC3)cc(I)c1OCc1ccc(F)cc1. The first-order chi connectivity index (χ1) is 18.9. The molecule has 0 amide bonds. The van der Waals surface area contributed by atoms with Gasteiger partial charge in [-0.1, -0.05) is 12.1 Å². The van der Waals surface area contributed by atoms with E-state index in [4.69, 9.17) is 14.2 Å². The molecule has 1 heterocycles. The number of rotatable bonds is 9. The lowest BCUT2D eigenvalue weighted by molar-refractivity contribution is -0.117. The maximum Gasteiger partial charge on any atom is 0.174 e. The molecule has 8 heteroatoms. The Hall–Kier alpha value is -2.72.